The first-order valence-corrected chi connectivity index (χ1v) is 12.5. The van der Waals surface area contributed by atoms with Crippen molar-refractivity contribution in [3.63, 3.8) is 0 Å². The summed E-state index contributed by atoms with van der Waals surface area (Å²) >= 11 is 0. The number of aryl methyl sites for hydroxylation is 1. The number of allylic oxidation sites excluding steroid dienone is 2. The highest BCUT2D eigenvalue weighted by atomic mass is 16.1. The van der Waals surface area contributed by atoms with Crippen molar-refractivity contribution in [2.24, 2.45) is 5.41 Å². The van der Waals surface area contributed by atoms with Crippen LogP contribution in [0.1, 0.15) is 68.8 Å². The van der Waals surface area contributed by atoms with Gasteiger partial charge in [-0.2, -0.15) is 0 Å². The minimum absolute atomic E-state index is 0.0614. The molecule has 0 radical (unpaired) electrons. The fourth-order valence-corrected chi connectivity index (χ4v) is 6.61. The number of rotatable bonds is 3. The Bertz CT molecular complexity index is 1350. The van der Waals surface area contributed by atoms with E-state index in [9.17, 15) is 4.79 Å². The van der Waals surface area contributed by atoms with Gasteiger partial charge in [-0.3, -0.25) is 9.78 Å². The minimum Gasteiger partial charge on any atom is -0.343 e. The molecule has 34 heavy (non-hydrogen) atoms. The van der Waals surface area contributed by atoms with Gasteiger partial charge in [-0.15, -0.1) is 0 Å². The maximum atomic E-state index is 13.8. The lowest BCUT2D eigenvalue weighted by Crippen LogP contribution is -2.43. The van der Waals surface area contributed by atoms with Crippen LogP contribution in [0.4, 0.5) is 5.82 Å². The summed E-state index contributed by atoms with van der Waals surface area (Å²) < 4.78 is 0. The molecule has 6 rings (SSSR count). The Balaban J connectivity index is 1.60. The van der Waals surface area contributed by atoms with E-state index in [1.165, 1.54) is 34.4 Å². The molecule has 1 aromatic carbocycles. The van der Waals surface area contributed by atoms with E-state index < -0.39 is 5.41 Å². The molecule has 0 bridgehead atoms. The van der Waals surface area contributed by atoms with E-state index in [0.29, 0.717) is 6.42 Å². The lowest BCUT2D eigenvalue weighted by Gasteiger charge is -2.46. The third kappa shape index (κ3) is 3.08. The quantitative estimate of drug-likeness (QED) is 0.503. The summed E-state index contributed by atoms with van der Waals surface area (Å²) in [7, 11) is 0. The van der Waals surface area contributed by atoms with Crippen molar-refractivity contribution in [1.82, 2.24) is 9.97 Å². The van der Waals surface area contributed by atoms with Gasteiger partial charge in [0.25, 0.3) is 0 Å². The minimum atomic E-state index is -0.510. The van der Waals surface area contributed by atoms with Crippen molar-refractivity contribution in [3.8, 4) is 11.1 Å². The average molecular weight is 450 g/mol. The number of fused-ring (bicyclic) bond motifs is 2. The van der Waals surface area contributed by atoms with Gasteiger partial charge in [0.05, 0.1) is 5.41 Å². The summed E-state index contributed by atoms with van der Waals surface area (Å²) in [5, 5.41) is 3.56. The Labute approximate surface area is 201 Å². The number of aromatic nitrogens is 2. The Kier molecular flexibility index (Phi) is 4.77. The second kappa shape index (κ2) is 7.63. The van der Waals surface area contributed by atoms with Crippen molar-refractivity contribution in [2.75, 3.05) is 5.32 Å². The molecule has 2 aromatic heterocycles. The maximum absolute atomic E-state index is 13.8. The Morgan fingerprint density at radius 2 is 1.88 bits per heavy atom. The first kappa shape index (κ1) is 21.3. The molecule has 4 heteroatoms. The molecule has 0 saturated carbocycles. The van der Waals surface area contributed by atoms with Crippen LogP contribution in [0.25, 0.3) is 11.1 Å². The van der Waals surface area contributed by atoms with E-state index >= 15 is 0 Å². The lowest BCUT2D eigenvalue weighted by molar-refractivity contribution is -0.118. The maximum Gasteiger partial charge on any atom is 0.162 e. The molecule has 0 saturated heterocycles. The summed E-state index contributed by atoms with van der Waals surface area (Å²) in [6.45, 7) is 6.57. The van der Waals surface area contributed by atoms with Gasteiger partial charge in [0.2, 0.25) is 0 Å². The van der Waals surface area contributed by atoms with Crippen molar-refractivity contribution in [3.05, 3.63) is 88.5 Å². The van der Waals surface area contributed by atoms with Crippen LogP contribution >= 0.6 is 0 Å². The van der Waals surface area contributed by atoms with Crippen molar-refractivity contribution < 1.29 is 4.79 Å². The predicted octanol–water partition coefficient (Wildman–Crippen LogP) is 6.40. The highest BCUT2D eigenvalue weighted by molar-refractivity contribution is 6.03. The third-order valence-corrected chi connectivity index (χ3v) is 8.02. The molecule has 172 valence electrons. The summed E-state index contributed by atoms with van der Waals surface area (Å²) in [5.41, 5.74) is 8.79. The van der Waals surface area contributed by atoms with E-state index in [0.717, 1.165) is 48.3 Å². The number of ketones is 1. The fraction of sp³-hybridized carbons (Fsp3) is 0.367. The summed E-state index contributed by atoms with van der Waals surface area (Å²) in [5.74, 6) is 1.13. The van der Waals surface area contributed by atoms with Gasteiger partial charge in [-0.1, -0.05) is 45.0 Å². The Morgan fingerprint density at radius 3 is 2.74 bits per heavy atom. The van der Waals surface area contributed by atoms with E-state index in [2.05, 4.69) is 67.5 Å². The Hall–Kier alpha value is -3.27. The number of hydrogen-bond acceptors (Lipinski definition) is 4. The molecule has 0 unspecified atom stereocenters. The van der Waals surface area contributed by atoms with E-state index in [-0.39, 0.29) is 11.2 Å². The fourth-order valence-electron chi connectivity index (χ4n) is 6.61. The van der Waals surface area contributed by atoms with Crippen molar-refractivity contribution >= 4 is 11.6 Å². The van der Waals surface area contributed by atoms with Crippen molar-refractivity contribution in [1.29, 1.82) is 0 Å². The molecule has 1 atom stereocenters. The topological polar surface area (TPSA) is 54.9 Å². The number of anilines is 1. The number of pyridine rings is 2. The van der Waals surface area contributed by atoms with Crippen LogP contribution in [0.15, 0.2) is 66.1 Å². The number of benzene rings is 1. The van der Waals surface area contributed by atoms with Gasteiger partial charge < -0.3 is 5.32 Å². The van der Waals surface area contributed by atoms with E-state index in [1.54, 1.807) is 0 Å². The third-order valence-electron chi connectivity index (χ3n) is 8.02. The van der Waals surface area contributed by atoms with Gasteiger partial charge in [0.15, 0.2) is 5.78 Å². The van der Waals surface area contributed by atoms with Crippen LogP contribution in [0, 0.1) is 5.41 Å². The Morgan fingerprint density at radius 1 is 1.00 bits per heavy atom. The van der Waals surface area contributed by atoms with Crippen LogP contribution in [0.3, 0.4) is 0 Å². The molecule has 4 nitrogen and oxygen atoms in total. The molecule has 0 amide bonds. The number of nitrogens with zero attached hydrogens (tertiary/aromatic N) is 2. The van der Waals surface area contributed by atoms with Gasteiger partial charge in [-0.25, -0.2) is 4.98 Å². The monoisotopic (exact) mass is 449 g/mol. The molecule has 2 aliphatic carbocycles. The SMILES string of the molecule is CC[C@]1(c2cccc(-c3ccnc4c3CCC4)c2)C2=C(CC(C)(C)CC2=O)Nc2ncccc21. The second-order valence-corrected chi connectivity index (χ2v) is 10.8. The van der Waals surface area contributed by atoms with Gasteiger partial charge in [0, 0.05) is 41.3 Å². The predicted molar refractivity (Wildman–Crippen MR) is 136 cm³/mol. The summed E-state index contributed by atoms with van der Waals surface area (Å²) in [6, 6.07) is 15.2. The van der Waals surface area contributed by atoms with Crippen LogP contribution in [-0.4, -0.2) is 15.8 Å². The van der Waals surface area contributed by atoms with Gasteiger partial charge in [0.1, 0.15) is 5.82 Å². The first-order valence-electron chi connectivity index (χ1n) is 12.5. The number of carbonyl (C=O) groups excluding carboxylic acids is 1. The largest absolute Gasteiger partial charge is 0.343 e. The molecule has 1 aliphatic heterocycles. The van der Waals surface area contributed by atoms with E-state index in [4.69, 9.17) is 4.98 Å². The average Bonchev–Trinajstić information content (AvgIpc) is 3.31. The molecular weight excluding hydrogens is 418 g/mol. The molecule has 1 N–H and O–H groups in total. The van der Waals surface area contributed by atoms with Crippen LogP contribution in [0.5, 0.6) is 0 Å². The smallest absolute Gasteiger partial charge is 0.162 e. The number of nitrogens with one attached hydrogen (secondary N) is 1. The summed E-state index contributed by atoms with van der Waals surface area (Å²) in [6.07, 6.45) is 9.32. The van der Waals surface area contributed by atoms with Crippen LogP contribution in [0.2, 0.25) is 0 Å². The zero-order valence-electron chi connectivity index (χ0n) is 20.2. The van der Waals surface area contributed by atoms with Crippen LogP contribution < -0.4 is 5.32 Å². The molecule has 0 spiro atoms. The molecule has 3 heterocycles. The number of Topliss-reactive ketones (excluding diaryl/α,β-unsaturated/α-hetero) is 1. The molecule has 3 aliphatic rings. The zero-order chi connectivity index (χ0) is 23.5. The first-order chi connectivity index (χ1) is 16.4. The van der Waals surface area contributed by atoms with E-state index in [1.807, 2.05) is 18.5 Å². The zero-order valence-corrected chi connectivity index (χ0v) is 20.2. The number of hydrogen-bond donors (Lipinski definition) is 1. The van der Waals surface area contributed by atoms with Gasteiger partial charge in [-0.05, 0) is 78.0 Å². The molecular formula is C30H31N3O. The van der Waals surface area contributed by atoms with Crippen LogP contribution in [-0.2, 0) is 23.1 Å². The van der Waals surface area contributed by atoms with Crippen molar-refractivity contribution in [2.45, 2.75) is 64.7 Å². The highest BCUT2D eigenvalue weighted by Gasteiger charge is 2.49. The highest BCUT2D eigenvalue weighted by Crippen LogP contribution is 2.54. The lowest BCUT2D eigenvalue weighted by atomic mass is 9.59. The summed E-state index contributed by atoms with van der Waals surface area (Å²) in [4.78, 5) is 23.1. The normalized spacial score (nSPS) is 22.6. The molecule has 3 aromatic rings. The standard InChI is InChI=1S/C30H31N3O/c1-4-30(20-9-5-8-19(16-20)21-13-15-31-24-12-6-10-22(21)24)23-11-7-14-32-28(23)33-25-17-29(2,3)18-26(34)27(25)30/h5,7-9,11,13-16H,4,6,10,12,17-18H2,1-3H3,(H,32,33)/t30-/m1/s1. The van der Waals surface area contributed by atoms with Gasteiger partial charge >= 0.3 is 0 Å². The second-order valence-electron chi connectivity index (χ2n) is 10.8. The number of carbonyl (C=O) groups is 1. The molecule has 0 fully saturated rings.